The first-order chi connectivity index (χ1) is 12.6. The Bertz CT molecular complexity index is 754. The van der Waals surface area contributed by atoms with Crippen molar-refractivity contribution in [3.05, 3.63) is 65.7 Å². The molecule has 0 aliphatic heterocycles. The Morgan fingerprint density at radius 1 is 0.885 bits per heavy atom. The molecule has 0 aliphatic carbocycles. The second kappa shape index (κ2) is 9.98. The van der Waals surface area contributed by atoms with E-state index in [1.54, 1.807) is 12.1 Å². The Balaban J connectivity index is 1.72. The van der Waals surface area contributed by atoms with Crippen LogP contribution in [0.2, 0.25) is 0 Å². The third kappa shape index (κ3) is 6.39. The van der Waals surface area contributed by atoms with E-state index in [9.17, 15) is 14.4 Å². The molecule has 0 aliphatic rings. The molecule has 6 heteroatoms. The molecule has 6 nitrogen and oxygen atoms in total. The quantitative estimate of drug-likeness (QED) is 0.410. The van der Waals surface area contributed by atoms with Crippen LogP contribution in [0.1, 0.15) is 35.7 Å². The molecule has 0 atom stereocenters. The molecule has 0 radical (unpaired) electrons. The van der Waals surface area contributed by atoms with Gasteiger partial charge in [-0.15, -0.1) is 0 Å². The van der Waals surface area contributed by atoms with E-state index in [4.69, 9.17) is 14.2 Å². The summed E-state index contributed by atoms with van der Waals surface area (Å²) in [6, 6.07) is 15.7. The first-order valence-corrected chi connectivity index (χ1v) is 8.20. The van der Waals surface area contributed by atoms with Crippen LogP contribution in [0, 0.1) is 0 Å². The zero-order valence-corrected chi connectivity index (χ0v) is 14.5. The standard InChI is InChI=1S/C20H20O6/c1-15(21)26-18-11-6-5-10-17(18)20(23)24-13-7-12-19(22)25-14-16-8-3-2-4-9-16/h2-6,8-11H,7,12-14H2,1H3. The van der Waals surface area contributed by atoms with Gasteiger partial charge in [0.25, 0.3) is 0 Å². The molecule has 2 rings (SSSR count). The number of benzene rings is 2. The zero-order valence-electron chi connectivity index (χ0n) is 14.5. The van der Waals surface area contributed by atoms with Crippen molar-refractivity contribution in [3.8, 4) is 5.75 Å². The van der Waals surface area contributed by atoms with Gasteiger partial charge in [-0.2, -0.15) is 0 Å². The van der Waals surface area contributed by atoms with Crippen molar-refractivity contribution >= 4 is 17.9 Å². The second-order valence-corrected chi connectivity index (χ2v) is 5.48. The van der Waals surface area contributed by atoms with E-state index in [2.05, 4.69) is 0 Å². The van der Waals surface area contributed by atoms with E-state index in [1.165, 1.54) is 19.1 Å². The van der Waals surface area contributed by atoms with Crippen LogP contribution in [0.5, 0.6) is 5.75 Å². The number of hydrogen-bond acceptors (Lipinski definition) is 6. The Hall–Kier alpha value is -3.15. The molecule has 0 spiro atoms. The van der Waals surface area contributed by atoms with E-state index in [-0.39, 0.29) is 36.9 Å². The van der Waals surface area contributed by atoms with Crippen LogP contribution >= 0.6 is 0 Å². The molecule has 2 aromatic carbocycles. The van der Waals surface area contributed by atoms with E-state index in [0.29, 0.717) is 6.42 Å². The first-order valence-electron chi connectivity index (χ1n) is 8.20. The molecule has 0 bridgehead atoms. The van der Waals surface area contributed by atoms with Gasteiger partial charge in [-0.3, -0.25) is 9.59 Å². The maximum absolute atomic E-state index is 12.1. The van der Waals surface area contributed by atoms with Crippen LogP contribution in [0.4, 0.5) is 0 Å². The number of ether oxygens (including phenoxy) is 3. The Morgan fingerprint density at radius 3 is 2.31 bits per heavy atom. The lowest BCUT2D eigenvalue weighted by molar-refractivity contribution is -0.145. The van der Waals surface area contributed by atoms with Gasteiger partial charge in [0, 0.05) is 13.3 Å². The fraction of sp³-hybridized carbons (Fsp3) is 0.250. The van der Waals surface area contributed by atoms with Crippen molar-refractivity contribution in [2.45, 2.75) is 26.4 Å². The van der Waals surface area contributed by atoms with Gasteiger partial charge in [0.15, 0.2) is 0 Å². The van der Waals surface area contributed by atoms with Crippen molar-refractivity contribution in [2.24, 2.45) is 0 Å². The summed E-state index contributed by atoms with van der Waals surface area (Å²) >= 11 is 0. The minimum absolute atomic E-state index is 0.0632. The van der Waals surface area contributed by atoms with E-state index >= 15 is 0 Å². The summed E-state index contributed by atoms with van der Waals surface area (Å²) in [5.74, 6) is -1.34. The monoisotopic (exact) mass is 356 g/mol. The first kappa shape index (κ1) is 19.2. The van der Waals surface area contributed by atoms with Gasteiger partial charge in [-0.05, 0) is 24.1 Å². The molecule has 0 fully saturated rings. The summed E-state index contributed by atoms with van der Waals surface area (Å²) in [6.07, 6.45) is 0.487. The summed E-state index contributed by atoms with van der Waals surface area (Å²) in [4.78, 5) is 34.8. The molecule has 0 heterocycles. The van der Waals surface area contributed by atoms with Gasteiger partial charge >= 0.3 is 17.9 Å². The number of carbonyl (C=O) groups excluding carboxylic acids is 3. The lowest BCUT2D eigenvalue weighted by atomic mass is 10.2. The maximum Gasteiger partial charge on any atom is 0.341 e. The van der Waals surface area contributed by atoms with Gasteiger partial charge in [0.05, 0.1) is 6.61 Å². The Kier molecular flexibility index (Phi) is 7.36. The fourth-order valence-corrected chi connectivity index (χ4v) is 2.15. The largest absolute Gasteiger partial charge is 0.462 e. The van der Waals surface area contributed by atoms with Crippen molar-refractivity contribution in [1.29, 1.82) is 0 Å². The van der Waals surface area contributed by atoms with Gasteiger partial charge in [-0.25, -0.2) is 4.79 Å². The van der Waals surface area contributed by atoms with E-state index in [0.717, 1.165) is 5.56 Å². The Labute approximate surface area is 151 Å². The zero-order chi connectivity index (χ0) is 18.8. The molecule has 136 valence electrons. The van der Waals surface area contributed by atoms with Crippen LogP contribution < -0.4 is 4.74 Å². The minimum Gasteiger partial charge on any atom is -0.462 e. The smallest absolute Gasteiger partial charge is 0.341 e. The number of hydrogen-bond donors (Lipinski definition) is 0. The van der Waals surface area contributed by atoms with Crippen LogP contribution in [0.3, 0.4) is 0 Å². The highest BCUT2D eigenvalue weighted by molar-refractivity contribution is 5.93. The number of rotatable bonds is 8. The minimum atomic E-state index is -0.612. The van der Waals surface area contributed by atoms with Crippen molar-refractivity contribution in [3.63, 3.8) is 0 Å². The average molecular weight is 356 g/mol. The van der Waals surface area contributed by atoms with Gasteiger partial charge in [-0.1, -0.05) is 42.5 Å². The second-order valence-electron chi connectivity index (χ2n) is 5.48. The van der Waals surface area contributed by atoms with Gasteiger partial charge in [0.1, 0.15) is 17.9 Å². The lowest BCUT2D eigenvalue weighted by Gasteiger charge is -2.09. The Morgan fingerprint density at radius 2 is 1.58 bits per heavy atom. The predicted molar refractivity (Wildman–Crippen MR) is 93.5 cm³/mol. The molecule has 0 saturated heterocycles. The molecule has 2 aromatic rings. The lowest BCUT2D eigenvalue weighted by Crippen LogP contribution is -2.12. The molecule has 0 unspecified atom stereocenters. The molecular weight excluding hydrogens is 336 g/mol. The molecule has 0 amide bonds. The number of esters is 3. The van der Waals surface area contributed by atoms with Crippen molar-refractivity contribution in [2.75, 3.05) is 6.61 Å². The average Bonchev–Trinajstić information content (AvgIpc) is 2.64. The molecule has 0 aromatic heterocycles. The van der Waals surface area contributed by atoms with Crippen molar-refractivity contribution in [1.82, 2.24) is 0 Å². The predicted octanol–water partition coefficient (Wildman–Crippen LogP) is 3.29. The van der Waals surface area contributed by atoms with Crippen LogP contribution in [-0.2, 0) is 25.7 Å². The highest BCUT2D eigenvalue weighted by Gasteiger charge is 2.15. The molecule has 0 saturated carbocycles. The summed E-state index contributed by atoms with van der Waals surface area (Å²) < 4.78 is 15.2. The van der Waals surface area contributed by atoms with Crippen LogP contribution in [0.15, 0.2) is 54.6 Å². The molecular formula is C20H20O6. The fourth-order valence-electron chi connectivity index (χ4n) is 2.15. The third-order valence-corrected chi connectivity index (χ3v) is 3.36. The molecule has 0 N–H and O–H groups in total. The third-order valence-electron chi connectivity index (χ3n) is 3.36. The summed E-state index contributed by atoms with van der Waals surface area (Å²) in [5.41, 5.74) is 1.07. The maximum atomic E-state index is 12.1. The van der Waals surface area contributed by atoms with Gasteiger partial charge in [0.2, 0.25) is 0 Å². The molecule has 26 heavy (non-hydrogen) atoms. The van der Waals surface area contributed by atoms with Crippen molar-refractivity contribution < 1.29 is 28.6 Å². The van der Waals surface area contributed by atoms with E-state index < -0.39 is 11.9 Å². The highest BCUT2D eigenvalue weighted by atomic mass is 16.5. The normalized spacial score (nSPS) is 10.0. The summed E-state index contributed by atoms with van der Waals surface area (Å²) in [6.45, 7) is 1.53. The van der Waals surface area contributed by atoms with Crippen LogP contribution in [0.25, 0.3) is 0 Å². The van der Waals surface area contributed by atoms with Crippen LogP contribution in [-0.4, -0.2) is 24.5 Å². The van der Waals surface area contributed by atoms with Gasteiger partial charge < -0.3 is 14.2 Å². The van der Waals surface area contributed by atoms with E-state index in [1.807, 2.05) is 30.3 Å². The summed E-state index contributed by atoms with van der Waals surface area (Å²) in [5, 5.41) is 0. The SMILES string of the molecule is CC(=O)Oc1ccccc1C(=O)OCCCC(=O)OCc1ccccc1. The topological polar surface area (TPSA) is 78.9 Å². The highest BCUT2D eigenvalue weighted by Crippen LogP contribution is 2.19. The number of para-hydroxylation sites is 1. The summed E-state index contributed by atoms with van der Waals surface area (Å²) in [7, 11) is 0. The number of carbonyl (C=O) groups is 3.